The van der Waals surface area contributed by atoms with Crippen molar-refractivity contribution in [2.75, 3.05) is 18.4 Å². The van der Waals surface area contributed by atoms with E-state index in [1.165, 1.54) is 12.1 Å². The average molecular weight is 505 g/mol. The highest BCUT2D eigenvalue weighted by Gasteiger charge is 2.29. The van der Waals surface area contributed by atoms with Crippen molar-refractivity contribution in [3.05, 3.63) is 56.9 Å². The maximum absolute atomic E-state index is 14.4. The summed E-state index contributed by atoms with van der Waals surface area (Å²) in [6.07, 6.45) is -0.740. The number of halogens is 4. The maximum atomic E-state index is 14.4. The Hall–Kier alpha value is -2.50. The summed E-state index contributed by atoms with van der Waals surface area (Å²) in [7, 11) is 0. The first-order chi connectivity index (χ1) is 13.2. The Labute approximate surface area is 171 Å². The van der Waals surface area contributed by atoms with Gasteiger partial charge in [-0.15, -0.1) is 0 Å². The second-order valence-electron chi connectivity index (χ2n) is 6.25. The van der Waals surface area contributed by atoms with E-state index in [2.05, 4.69) is 10.6 Å². The number of nitrogens with one attached hydrogen (secondary N) is 2. The van der Waals surface area contributed by atoms with Crippen LogP contribution in [0.5, 0.6) is 0 Å². The van der Waals surface area contributed by atoms with Gasteiger partial charge in [0.2, 0.25) is 0 Å². The third-order valence-corrected chi connectivity index (χ3v) is 4.95. The van der Waals surface area contributed by atoms with Crippen LogP contribution in [0, 0.1) is 21.0 Å². The monoisotopic (exact) mass is 505 g/mol. The van der Waals surface area contributed by atoms with Gasteiger partial charge in [-0.1, -0.05) is 0 Å². The van der Waals surface area contributed by atoms with Gasteiger partial charge in [-0.05, 0) is 53.3 Å². The molecule has 0 bridgehead atoms. The molecule has 1 unspecified atom stereocenters. The Bertz CT molecular complexity index is 942. The fourth-order valence-corrected chi connectivity index (χ4v) is 3.40. The summed E-state index contributed by atoms with van der Waals surface area (Å²) < 4.78 is 42.8. The highest BCUT2D eigenvalue weighted by Crippen LogP contribution is 2.27. The van der Waals surface area contributed by atoms with E-state index in [0.717, 1.165) is 11.0 Å². The largest absolute Gasteiger partial charge is 0.465 e. The summed E-state index contributed by atoms with van der Waals surface area (Å²) in [6.45, 7) is 0.309. The van der Waals surface area contributed by atoms with Crippen molar-refractivity contribution in [3.8, 4) is 0 Å². The Balaban J connectivity index is 1.86. The molecule has 0 aromatic heterocycles. The summed E-state index contributed by atoms with van der Waals surface area (Å²) >= 11 is 1.92. The lowest BCUT2D eigenvalue weighted by molar-refractivity contribution is 0.0932. The van der Waals surface area contributed by atoms with Crippen molar-refractivity contribution in [3.63, 3.8) is 0 Å². The van der Waals surface area contributed by atoms with Crippen LogP contribution in [0.2, 0.25) is 0 Å². The molecule has 0 saturated carbocycles. The highest BCUT2D eigenvalue weighted by molar-refractivity contribution is 14.1. The first kappa shape index (κ1) is 20.2. The molecule has 28 heavy (non-hydrogen) atoms. The lowest BCUT2D eigenvalue weighted by Gasteiger charge is -2.17. The number of likely N-dealkylation sites (tertiary alicyclic amines) is 1. The van der Waals surface area contributed by atoms with Crippen molar-refractivity contribution < 1.29 is 27.9 Å². The third kappa shape index (κ3) is 4.49. The first-order valence-corrected chi connectivity index (χ1v) is 9.32. The molecule has 1 aliphatic heterocycles. The molecule has 0 aliphatic carbocycles. The van der Waals surface area contributed by atoms with E-state index >= 15 is 0 Å². The van der Waals surface area contributed by atoms with Crippen molar-refractivity contribution in [2.24, 2.45) is 0 Å². The molecule has 3 N–H and O–H groups in total. The van der Waals surface area contributed by atoms with E-state index in [4.69, 9.17) is 5.11 Å². The average Bonchev–Trinajstić information content (AvgIpc) is 3.05. The molecule has 2 aromatic carbocycles. The minimum absolute atomic E-state index is 0.0441. The Kier molecular flexibility index (Phi) is 5.96. The van der Waals surface area contributed by atoms with Crippen LogP contribution in [-0.4, -0.2) is 41.1 Å². The van der Waals surface area contributed by atoms with Crippen LogP contribution in [0.1, 0.15) is 16.8 Å². The molecule has 3 rings (SSSR count). The smallest absolute Gasteiger partial charge is 0.407 e. The molecule has 6 nitrogen and oxygen atoms in total. The van der Waals surface area contributed by atoms with Crippen LogP contribution < -0.4 is 10.6 Å². The lowest BCUT2D eigenvalue weighted by Crippen LogP contribution is -2.38. The van der Waals surface area contributed by atoms with Gasteiger partial charge in [0, 0.05) is 28.8 Å². The molecule has 2 amide bonds. The normalized spacial score (nSPS) is 16.1. The van der Waals surface area contributed by atoms with Crippen LogP contribution >= 0.6 is 22.6 Å². The molecular formula is C18H15F3IN3O3. The van der Waals surface area contributed by atoms with Crippen LogP contribution in [0.15, 0.2) is 30.3 Å². The van der Waals surface area contributed by atoms with E-state index in [-0.39, 0.29) is 24.5 Å². The minimum Gasteiger partial charge on any atom is -0.465 e. The molecule has 1 aliphatic rings. The number of rotatable bonds is 4. The summed E-state index contributed by atoms with van der Waals surface area (Å²) in [6, 6.07) is 5.17. The summed E-state index contributed by atoms with van der Waals surface area (Å²) in [5.74, 6) is -3.53. The number of anilines is 2. The SMILES string of the molecule is O=C(NC1CCN(C(=O)O)C1)c1c(F)cc(F)cc1Nc1ccc(I)cc1F. The topological polar surface area (TPSA) is 81.7 Å². The van der Waals surface area contributed by atoms with E-state index < -0.39 is 41.1 Å². The predicted molar refractivity (Wildman–Crippen MR) is 104 cm³/mol. The number of nitrogens with zero attached hydrogens (tertiary/aromatic N) is 1. The summed E-state index contributed by atoms with van der Waals surface area (Å²) in [4.78, 5) is 24.7. The van der Waals surface area contributed by atoms with Crippen molar-refractivity contribution in [2.45, 2.75) is 12.5 Å². The van der Waals surface area contributed by atoms with Gasteiger partial charge in [0.05, 0.1) is 16.9 Å². The molecule has 2 aromatic rings. The van der Waals surface area contributed by atoms with Crippen LogP contribution in [0.3, 0.4) is 0 Å². The number of carbonyl (C=O) groups excluding carboxylic acids is 1. The third-order valence-electron chi connectivity index (χ3n) is 4.28. The van der Waals surface area contributed by atoms with Gasteiger partial charge in [0.15, 0.2) is 0 Å². The number of carboxylic acid groups (broad SMARTS) is 1. The van der Waals surface area contributed by atoms with Crippen LogP contribution in [0.25, 0.3) is 0 Å². The van der Waals surface area contributed by atoms with Crippen LogP contribution in [-0.2, 0) is 0 Å². The molecule has 1 atom stereocenters. The van der Waals surface area contributed by atoms with Gasteiger partial charge >= 0.3 is 6.09 Å². The van der Waals surface area contributed by atoms with Gasteiger partial charge in [0.1, 0.15) is 17.5 Å². The number of hydrogen-bond acceptors (Lipinski definition) is 3. The highest BCUT2D eigenvalue weighted by atomic mass is 127. The van der Waals surface area contributed by atoms with Gasteiger partial charge in [-0.2, -0.15) is 0 Å². The molecule has 10 heteroatoms. The standard InChI is InChI=1S/C18H15F3IN3O3/c19-9-5-13(21)16(17(26)23-11-3-4-25(8-11)18(27)28)15(6-9)24-14-2-1-10(22)7-12(14)20/h1-2,5-7,11,24H,3-4,8H2,(H,23,26)(H,27,28). The fraction of sp³-hybridized carbons (Fsp3) is 0.222. The van der Waals surface area contributed by atoms with Crippen molar-refractivity contribution in [1.82, 2.24) is 10.2 Å². The van der Waals surface area contributed by atoms with Gasteiger partial charge in [-0.3, -0.25) is 4.79 Å². The minimum atomic E-state index is -1.11. The zero-order valence-corrected chi connectivity index (χ0v) is 16.5. The molecule has 0 radical (unpaired) electrons. The van der Waals surface area contributed by atoms with Gasteiger partial charge in [0.25, 0.3) is 5.91 Å². The predicted octanol–water partition coefficient (Wildman–Crippen LogP) is 3.93. The van der Waals surface area contributed by atoms with Crippen molar-refractivity contribution >= 4 is 46.0 Å². The zero-order chi connectivity index (χ0) is 20.4. The van der Waals surface area contributed by atoms with E-state index in [9.17, 15) is 22.8 Å². The summed E-state index contributed by atoms with van der Waals surface area (Å²) in [5.41, 5.74) is -0.756. The van der Waals surface area contributed by atoms with Gasteiger partial charge < -0.3 is 20.6 Å². The van der Waals surface area contributed by atoms with E-state index in [1.54, 1.807) is 6.07 Å². The summed E-state index contributed by atoms with van der Waals surface area (Å²) in [5, 5.41) is 14.1. The van der Waals surface area contributed by atoms with Crippen LogP contribution in [0.4, 0.5) is 29.3 Å². The quantitative estimate of drug-likeness (QED) is 0.551. The number of carbonyl (C=O) groups is 2. The van der Waals surface area contributed by atoms with Gasteiger partial charge in [-0.25, -0.2) is 18.0 Å². The molecular weight excluding hydrogens is 490 g/mol. The maximum Gasteiger partial charge on any atom is 0.407 e. The second kappa shape index (κ2) is 8.25. The first-order valence-electron chi connectivity index (χ1n) is 8.24. The van der Waals surface area contributed by atoms with E-state index in [1.807, 2.05) is 22.6 Å². The Morgan fingerprint density at radius 1 is 1.11 bits per heavy atom. The van der Waals surface area contributed by atoms with E-state index in [0.29, 0.717) is 16.1 Å². The molecule has 1 fully saturated rings. The number of amides is 2. The Morgan fingerprint density at radius 3 is 2.50 bits per heavy atom. The molecule has 148 valence electrons. The molecule has 1 saturated heterocycles. The fourth-order valence-electron chi connectivity index (χ4n) is 2.95. The lowest BCUT2D eigenvalue weighted by atomic mass is 10.1. The Morgan fingerprint density at radius 2 is 1.86 bits per heavy atom. The second-order valence-corrected chi connectivity index (χ2v) is 7.49. The van der Waals surface area contributed by atoms with Crippen molar-refractivity contribution in [1.29, 1.82) is 0 Å². The zero-order valence-electron chi connectivity index (χ0n) is 14.3. The number of hydrogen-bond donors (Lipinski definition) is 3. The molecule has 0 spiro atoms. The number of benzene rings is 2. The molecule has 1 heterocycles.